The summed E-state index contributed by atoms with van der Waals surface area (Å²) in [5.41, 5.74) is 0. The van der Waals surface area contributed by atoms with Crippen molar-refractivity contribution in [3.05, 3.63) is 0 Å². The molecule has 0 spiro atoms. The van der Waals surface area contributed by atoms with Crippen molar-refractivity contribution >= 4 is 0 Å². The number of ether oxygens (including phenoxy) is 7. The van der Waals surface area contributed by atoms with E-state index in [2.05, 4.69) is 0 Å². The zero-order chi connectivity index (χ0) is 23.4. The van der Waals surface area contributed by atoms with Gasteiger partial charge in [-0.2, -0.15) is 0 Å². The normalized spacial score (nSPS) is 13.0. The fourth-order valence-electron chi connectivity index (χ4n) is 1.69. The molecule has 0 aromatic carbocycles. The average Bonchev–Trinajstić information content (AvgIpc) is 2.77. The minimum Gasteiger partial charge on any atom is -0.394 e. The monoisotopic (exact) mass is 460 g/mol. The molecule has 0 amide bonds. The van der Waals surface area contributed by atoms with Gasteiger partial charge < -0.3 is 53.6 Å². The Morgan fingerprint density at radius 1 is 0.516 bits per heavy atom. The van der Waals surface area contributed by atoms with Crippen LogP contribution in [0.3, 0.4) is 0 Å². The van der Waals surface area contributed by atoms with E-state index in [0.717, 1.165) is 0 Å². The summed E-state index contributed by atoms with van der Waals surface area (Å²) in [5, 5.41) is 34.1. The SMILES string of the molecule is CC(O)COC(C)CO.OCCOCCOCCOCCOCCOCCOCCO. The van der Waals surface area contributed by atoms with Crippen LogP contribution in [0.1, 0.15) is 13.8 Å². The van der Waals surface area contributed by atoms with Crippen LogP contribution in [0.15, 0.2) is 0 Å². The van der Waals surface area contributed by atoms with Crippen molar-refractivity contribution in [2.45, 2.75) is 26.1 Å². The van der Waals surface area contributed by atoms with Gasteiger partial charge in [-0.3, -0.25) is 0 Å². The molecule has 0 saturated carbocycles. The molecule has 0 radical (unpaired) electrons. The van der Waals surface area contributed by atoms with Gasteiger partial charge in [0.05, 0.1) is 118 Å². The summed E-state index contributed by atoms with van der Waals surface area (Å²) in [6.07, 6.45) is -0.612. The zero-order valence-corrected chi connectivity index (χ0v) is 19.1. The van der Waals surface area contributed by atoms with Gasteiger partial charge in [-0.05, 0) is 13.8 Å². The highest BCUT2D eigenvalue weighted by atomic mass is 16.6. The summed E-state index contributed by atoms with van der Waals surface area (Å²) < 4.78 is 36.2. The number of hydrogen-bond acceptors (Lipinski definition) is 11. The van der Waals surface area contributed by atoms with Crippen LogP contribution >= 0.6 is 0 Å². The van der Waals surface area contributed by atoms with Gasteiger partial charge in [-0.15, -0.1) is 0 Å². The molecule has 0 heterocycles. The maximum atomic E-state index is 8.69. The van der Waals surface area contributed by atoms with E-state index in [1.807, 2.05) is 0 Å². The summed E-state index contributed by atoms with van der Waals surface area (Å²) in [4.78, 5) is 0. The van der Waals surface area contributed by atoms with Crippen LogP contribution in [-0.2, 0) is 33.2 Å². The Kier molecular flexibility index (Phi) is 31.2. The van der Waals surface area contributed by atoms with Crippen molar-refractivity contribution in [3.63, 3.8) is 0 Å². The Morgan fingerprint density at radius 3 is 1.03 bits per heavy atom. The fourth-order valence-corrected chi connectivity index (χ4v) is 1.69. The maximum absolute atomic E-state index is 8.69. The molecule has 0 aliphatic carbocycles. The molecular formula is C20H44O11. The summed E-state index contributed by atoms with van der Waals surface area (Å²) in [6, 6.07) is 0. The van der Waals surface area contributed by atoms with Crippen molar-refractivity contribution < 1.29 is 53.6 Å². The number of aliphatic hydroxyl groups excluding tert-OH is 4. The molecule has 0 rings (SSSR count). The Morgan fingerprint density at radius 2 is 0.806 bits per heavy atom. The van der Waals surface area contributed by atoms with E-state index in [-0.39, 0.29) is 25.9 Å². The van der Waals surface area contributed by atoms with E-state index >= 15 is 0 Å². The molecule has 0 aliphatic rings. The van der Waals surface area contributed by atoms with Gasteiger partial charge in [0.25, 0.3) is 0 Å². The topological polar surface area (TPSA) is 146 Å². The third-order valence-corrected chi connectivity index (χ3v) is 3.21. The molecule has 2 unspecified atom stereocenters. The molecule has 4 N–H and O–H groups in total. The first-order valence-corrected chi connectivity index (χ1v) is 10.7. The highest BCUT2D eigenvalue weighted by molar-refractivity contribution is 4.47. The first-order chi connectivity index (χ1) is 15.1. The quantitative estimate of drug-likeness (QED) is 0.137. The van der Waals surface area contributed by atoms with Crippen LogP contribution in [0.5, 0.6) is 0 Å². The highest BCUT2D eigenvalue weighted by Gasteiger charge is 2.00. The predicted octanol–water partition coefficient (Wildman–Crippen LogP) is -1.16. The lowest BCUT2D eigenvalue weighted by molar-refractivity contribution is -0.0194. The molecule has 11 heteroatoms. The van der Waals surface area contributed by atoms with Crippen LogP contribution in [0.4, 0.5) is 0 Å². The predicted molar refractivity (Wildman–Crippen MR) is 113 cm³/mol. The lowest BCUT2D eigenvalue weighted by Gasteiger charge is -2.10. The first-order valence-electron chi connectivity index (χ1n) is 10.7. The Hall–Kier alpha value is -0.440. The second kappa shape index (κ2) is 29.6. The standard InChI is InChI=1S/C14H30O8.C6H14O3/c15-1-3-17-5-7-19-9-11-21-13-14-22-12-10-20-8-6-18-4-2-16;1-5(8)4-9-6(2)3-7/h15-16H,1-14H2;5-8H,3-4H2,1-2H3. The third-order valence-electron chi connectivity index (χ3n) is 3.21. The number of rotatable bonds is 23. The molecule has 31 heavy (non-hydrogen) atoms. The molecule has 0 aliphatic heterocycles. The molecule has 11 nitrogen and oxygen atoms in total. The maximum Gasteiger partial charge on any atom is 0.0779 e. The van der Waals surface area contributed by atoms with E-state index in [1.54, 1.807) is 13.8 Å². The fraction of sp³-hybridized carbons (Fsp3) is 1.00. The van der Waals surface area contributed by atoms with Crippen molar-refractivity contribution in [2.75, 3.05) is 106 Å². The Balaban J connectivity index is 0. The molecule has 0 aromatic rings. The molecule has 0 saturated heterocycles. The lowest BCUT2D eigenvalue weighted by atomic mass is 10.4. The summed E-state index contributed by atoms with van der Waals surface area (Å²) >= 11 is 0. The van der Waals surface area contributed by atoms with E-state index in [4.69, 9.17) is 53.6 Å². The van der Waals surface area contributed by atoms with E-state index in [0.29, 0.717) is 85.9 Å². The van der Waals surface area contributed by atoms with Gasteiger partial charge in [0.1, 0.15) is 0 Å². The smallest absolute Gasteiger partial charge is 0.0779 e. The largest absolute Gasteiger partial charge is 0.394 e. The molecule has 0 aromatic heterocycles. The molecule has 190 valence electrons. The second-order valence-electron chi connectivity index (χ2n) is 6.30. The molecule has 0 fully saturated rings. The minimum atomic E-state index is -0.445. The van der Waals surface area contributed by atoms with Crippen molar-refractivity contribution in [2.24, 2.45) is 0 Å². The van der Waals surface area contributed by atoms with Crippen LogP contribution in [0.25, 0.3) is 0 Å². The van der Waals surface area contributed by atoms with Gasteiger partial charge in [0, 0.05) is 0 Å². The summed E-state index contributed by atoms with van der Waals surface area (Å²) in [7, 11) is 0. The van der Waals surface area contributed by atoms with Crippen LogP contribution < -0.4 is 0 Å². The van der Waals surface area contributed by atoms with E-state index in [9.17, 15) is 0 Å². The van der Waals surface area contributed by atoms with Crippen LogP contribution in [0.2, 0.25) is 0 Å². The van der Waals surface area contributed by atoms with Crippen molar-refractivity contribution in [1.29, 1.82) is 0 Å². The summed E-state index contributed by atoms with van der Waals surface area (Å²) in [6.45, 7) is 9.50. The van der Waals surface area contributed by atoms with Gasteiger partial charge in [0.15, 0.2) is 0 Å². The Labute approximate surface area is 186 Å². The molecular weight excluding hydrogens is 416 g/mol. The first kappa shape index (κ1) is 32.7. The van der Waals surface area contributed by atoms with Crippen LogP contribution in [-0.4, -0.2) is 138 Å². The number of aliphatic hydroxyl groups is 4. The van der Waals surface area contributed by atoms with Crippen LogP contribution in [0, 0.1) is 0 Å². The zero-order valence-electron chi connectivity index (χ0n) is 19.1. The van der Waals surface area contributed by atoms with Gasteiger partial charge in [-0.1, -0.05) is 0 Å². The minimum absolute atomic E-state index is 0.00667. The average molecular weight is 461 g/mol. The van der Waals surface area contributed by atoms with Gasteiger partial charge in [-0.25, -0.2) is 0 Å². The third kappa shape index (κ3) is 34.4. The van der Waals surface area contributed by atoms with Gasteiger partial charge in [0.2, 0.25) is 0 Å². The lowest BCUT2D eigenvalue weighted by Crippen LogP contribution is -2.19. The Bertz CT molecular complexity index is 289. The number of hydrogen-bond donors (Lipinski definition) is 4. The van der Waals surface area contributed by atoms with E-state index in [1.165, 1.54) is 0 Å². The second-order valence-corrected chi connectivity index (χ2v) is 6.30. The highest BCUT2D eigenvalue weighted by Crippen LogP contribution is 1.90. The van der Waals surface area contributed by atoms with Gasteiger partial charge >= 0.3 is 0 Å². The van der Waals surface area contributed by atoms with Crippen molar-refractivity contribution in [1.82, 2.24) is 0 Å². The molecule has 2 atom stereocenters. The van der Waals surface area contributed by atoms with E-state index < -0.39 is 6.10 Å². The van der Waals surface area contributed by atoms with Crippen molar-refractivity contribution in [3.8, 4) is 0 Å². The summed E-state index contributed by atoms with van der Waals surface area (Å²) in [5.74, 6) is 0. The molecule has 0 bridgehead atoms.